The first kappa shape index (κ1) is 7.05. The number of hydrogen-bond donors (Lipinski definition) is 0. The number of nitroso groups, excluding NO2 is 1. The molecule has 0 atom stereocenters. The molecular formula is C6H10N3O+. The average Bonchev–Trinajstić information content (AvgIpc) is 2.31. The van der Waals surface area contributed by atoms with Gasteiger partial charge < -0.3 is 0 Å². The van der Waals surface area contributed by atoms with Gasteiger partial charge in [-0.3, -0.25) is 0 Å². The third kappa shape index (κ3) is 1.72. The second-order valence-corrected chi connectivity index (χ2v) is 2.22. The molecule has 0 saturated heterocycles. The summed E-state index contributed by atoms with van der Waals surface area (Å²) in [5.74, 6) is 0. The summed E-state index contributed by atoms with van der Waals surface area (Å²) < 4.78 is 0. The Morgan fingerprint density at radius 2 is 2.50 bits per heavy atom. The molecule has 0 fully saturated rings. The standard InChI is InChI=1S/C6H10N3O/c1-2-3-4-6-5-9(10)8-7-6/h5H,2-4H2,1H3/q+1. The van der Waals surface area contributed by atoms with E-state index in [1.807, 2.05) is 0 Å². The topological polar surface area (TPSA) is 44.8 Å². The van der Waals surface area contributed by atoms with E-state index >= 15 is 0 Å². The summed E-state index contributed by atoms with van der Waals surface area (Å²) in [5.41, 5.74) is 0.789. The molecule has 1 aliphatic heterocycles. The molecule has 0 bridgehead atoms. The largest absolute Gasteiger partial charge is 0.226 e. The first-order valence-corrected chi connectivity index (χ1v) is 3.41. The Balaban J connectivity index is 2.37. The number of rotatable bonds is 3. The van der Waals surface area contributed by atoms with Gasteiger partial charge in [0.2, 0.25) is 11.9 Å². The van der Waals surface area contributed by atoms with Gasteiger partial charge in [0, 0.05) is 6.42 Å². The molecule has 0 radical (unpaired) electrons. The van der Waals surface area contributed by atoms with Crippen LogP contribution in [-0.4, -0.2) is 4.87 Å². The van der Waals surface area contributed by atoms with E-state index in [2.05, 4.69) is 17.3 Å². The van der Waals surface area contributed by atoms with E-state index in [1.165, 1.54) is 6.20 Å². The van der Waals surface area contributed by atoms with Gasteiger partial charge in [-0.15, -0.1) is 0 Å². The number of allylic oxidation sites excluding steroid dienone is 1. The van der Waals surface area contributed by atoms with E-state index in [1.54, 1.807) is 0 Å². The highest BCUT2D eigenvalue weighted by Crippen LogP contribution is 2.13. The molecule has 0 amide bonds. The summed E-state index contributed by atoms with van der Waals surface area (Å²) in [7, 11) is 0. The van der Waals surface area contributed by atoms with Crippen molar-refractivity contribution in [2.75, 3.05) is 0 Å². The van der Waals surface area contributed by atoms with E-state index in [-0.39, 0.29) is 0 Å². The molecule has 0 aromatic carbocycles. The van der Waals surface area contributed by atoms with Crippen molar-refractivity contribution in [3.05, 3.63) is 16.8 Å². The fraction of sp³-hybridized carbons (Fsp3) is 0.667. The summed E-state index contributed by atoms with van der Waals surface area (Å²) in [6.45, 7) is 2.10. The van der Waals surface area contributed by atoms with Crippen LogP contribution in [0.25, 0.3) is 0 Å². The van der Waals surface area contributed by atoms with Crippen molar-refractivity contribution in [1.82, 2.24) is 0 Å². The maximum absolute atomic E-state index is 10.4. The fourth-order valence-electron chi connectivity index (χ4n) is 0.753. The minimum absolute atomic E-state index is 0.491. The lowest BCUT2D eigenvalue weighted by Gasteiger charge is -1.84. The lowest BCUT2D eigenvalue weighted by atomic mass is 10.2. The molecule has 4 heteroatoms. The zero-order valence-electron chi connectivity index (χ0n) is 5.95. The van der Waals surface area contributed by atoms with Gasteiger partial charge in [0.1, 0.15) is 4.87 Å². The first-order valence-electron chi connectivity index (χ1n) is 3.41. The van der Waals surface area contributed by atoms with Gasteiger partial charge in [-0.05, 0) is 11.3 Å². The van der Waals surface area contributed by atoms with Gasteiger partial charge in [0.25, 0.3) is 0 Å². The summed E-state index contributed by atoms with van der Waals surface area (Å²) in [4.78, 5) is 10.9. The monoisotopic (exact) mass is 140 g/mol. The molecular weight excluding hydrogens is 130 g/mol. The molecule has 10 heavy (non-hydrogen) atoms. The molecule has 1 aliphatic rings. The normalized spacial score (nSPS) is 16.1. The van der Waals surface area contributed by atoms with Crippen molar-refractivity contribution in [2.24, 2.45) is 10.3 Å². The highest BCUT2D eigenvalue weighted by molar-refractivity contribution is 4.94. The summed E-state index contributed by atoms with van der Waals surface area (Å²) in [5, 5.41) is 6.93. The third-order valence-corrected chi connectivity index (χ3v) is 1.31. The van der Waals surface area contributed by atoms with Crippen LogP contribution in [0.5, 0.6) is 0 Å². The van der Waals surface area contributed by atoms with Crippen LogP contribution in [0.2, 0.25) is 0 Å². The Hall–Kier alpha value is -1.06. The second kappa shape index (κ2) is 3.20. The van der Waals surface area contributed by atoms with Crippen molar-refractivity contribution in [3.8, 4) is 0 Å². The molecule has 54 valence electrons. The number of unbranched alkanes of at least 4 members (excludes halogenated alkanes) is 1. The molecule has 0 unspecified atom stereocenters. The van der Waals surface area contributed by atoms with Gasteiger partial charge in [0.05, 0.1) is 5.11 Å². The van der Waals surface area contributed by atoms with Gasteiger partial charge >= 0.3 is 0 Å². The summed E-state index contributed by atoms with van der Waals surface area (Å²) in [6.07, 6.45) is 4.46. The van der Waals surface area contributed by atoms with Crippen molar-refractivity contribution >= 4 is 0 Å². The fourth-order valence-corrected chi connectivity index (χ4v) is 0.753. The predicted octanol–water partition coefficient (Wildman–Crippen LogP) is 2.18. The first-order chi connectivity index (χ1) is 4.83. The number of nitrogens with zero attached hydrogens (tertiary/aromatic N) is 3. The maximum Gasteiger partial charge on any atom is 0.226 e. The SMILES string of the molecule is CCCCC1=C[N+](=O)N=N1. The van der Waals surface area contributed by atoms with E-state index in [9.17, 15) is 4.91 Å². The molecule has 0 aromatic rings. The molecule has 4 nitrogen and oxygen atoms in total. The van der Waals surface area contributed by atoms with Crippen molar-refractivity contribution in [3.63, 3.8) is 0 Å². The zero-order chi connectivity index (χ0) is 7.40. The van der Waals surface area contributed by atoms with Crippen LogP contribution in [0.1, 0.15) is 26.2 Å². The van der Waals surface area contributed by atoms with Crippen LogP contribution in [0.3, 0.4) is 0 Å². The Kier molecular flexibility index (Phi) is 2.25. The molecule has 0 N–H and O–H groups in total. The maximum atomic E-state index is 10.4. The van der Waals surface area contributed by atoms with Gasteiger partial charge in [0.15, 0.2) is 5.22 Å². The van der Waals surface area contributed by atoms with Crippen LogP contribution in [0.15, 0.2) is 22.2 Å². The van der Waals surface area contributed by atoms with Crippen LogP contribution in [-0.2, 0) is 0 Å². The quantitative estimate of drug-likeness (QED) is 0.554. The smallest absolute Gasteiger partial charge is 0.0654 e. The lowest BCUT2D eigenvalue weighted by Crippen LogP contribution is -1.80. The van der Waals surface area contributed by atoms with E-state index in [0.717, 1.165) is 25.0 Å². The Bertz CT molecular complexity index is 195. The van der Waals surface area contributed by atoms with E-state index in [0.29, 0.717) is 4.87 Å². The van der Waals surface area contributed by atoms with Crippen LogP contribution >= 0.6 is 0 Å². The second-order valence-electron chi connectivity index (χ2n) is 2.22. The highest BCUT2D eigenvalue weighted by atomic mass is 16.3. The Morgan fingerprint density at radius 1 is 1.70 bits per heavy atom. The van der Waals surface area contributed by atoms with Gasteiger partial charge in [-0.1, -0.05) is 13.3 Å². The zero-order valence-corrected chi connectivity index (χ0v) is 5.95. The minimum atomic E-state index is 0.491. The van der Waals surface area contributed by atoms with E-state index < -0.39 is 0 Å². The molecule has 0 saturated carbocycles. The van der Waals surface area contributed by atoms with E-state index in [4.69, 9.17) is 0 Å². The lowest BCUT2D eigenvalue weighted by molar-refractivity contribution is -0.486. The number of hydrogen-bond acceptors (Lipinski definition) is 2. The van der Waals surface area contributed by atoms with Crippen molar-refractivity contribution in [1.29, 1.82) is 0 Å². The van der Waals surface area contributed by atoms with Crippen LogP contribution < -0.4 is 0 Å². The molecule has 0 spiro atoms. The van der Waals surface area contributed by atoms with Crippen LogP contribution in [0.4, 0.5) is 0 Å². The molecule has 0 aliphatic carbocycles. The Labute approximate surface area is 59.2 Å². The van der Waals surface area contributed by atoms with Gasteiger partial charge in [-0.2, -0.15) is 0 Å². The van der Waals surface area contributed by atoms with Crippen molar-refractivity contribution < 1.29 is 4.87 Å². The predicted molar refractivity (Wildman–Crippen MR) is 36.1 cm³/mol. The molecule has 1 heterocycles. The van der Waals surface area contributed by atoms with Crippen molar-refractivity contribution in [2.45, 2.75) is 26.2 Å². The third-order valence-electron chi connectivity index (χ3n) is 1.31. The average molecular weight is 140 g/mol. The summed E-state index contributed by atoms with van der Waals surface area (Å²) in [6, 6.07) is 0. The highest BCUT2D eigenvalue weighted by Gasteiger charge is 2.15. The Morgan fingerprint density at radius 3 is 3.00 bits per heavy atom. The van der Waals surface area contributed by atoms with Gasteiger partial charge in [-0.25, -0.2) is 0 Å². The van der Waals surface area contributed by atoms with Crippen LogP contribution in [0, 0.1) is 4.91 Å². The summed E-state index contributed by atoms with van der Waals surface area (Å²) >= 11 is 0. The molecule has 1 rings (SSSR count). The minimum Gasteiger partial charge on any atom is -0.0654 e. The molecule has 0 aromatic heterocycles.